The lowest BCUT2D eigenvalue weighted by Crippen LogP contribution is -2.37. The molecular weight excluding hydrogens is 264 g/mol. The van der Waals surface area contributed by atoms with Gasteiger partial charge >= 0.3 is 0 Å². The van der Waals surface area contributed by atoms with E-state index in [1.807, 2.05) is 6.07 Å². The van der Waals surface area contributed by atoms with Crippen LogP contribution in [-0.4, -0.2) is 35.1 Å². The molecule has 2 radical (unpaired) electrons. The molecule has 2 atom stereocenters. The van der Waals surface area contributed by atoms with Crippen LogP contribution in [0.1, 0.15) is 41.9 Å². The number of hydrogen-bond acceptors (Lipinski definition) is 3. The summed E-state index contributed by atoms with van der Waals surface area (Å²) >= 11 is 0. The van der Waals surface area contributed by atoms with Crippen molar-refractivity contribution >= 4 is 5.91 Å². The number of hydrogen-bond donors (Lipinski definition) is 2. The molecule has 1 saturated heterocycles. The molecule has 1 aliphatic carbocycles. The molecule has 4 nitrogen and oxygen atoms in total. The standard InChI is InChI=1S/C17H22N2O2/c18-17(21)16-5-1-3-13-9-12(6-7-15(13)16)10-19-8-2-4-14(20)11-19/h6-7,9,14,16,20H,1-4,8,10-11H2,(H2,18,21). The van der Waals surface area contributed by atoms with E-state index in [4.69, 9.17) is 5.73 Å². The van der Waals surface area contributed by atoms with Gasteiger partial charge in [-0.05, 0) is 48.9 Å². The largest absolute Gasteiger partial charge is 0.392 e. The van der Waals surface area contributed by atoms with Crippen molar-refractivity contribution in [1.29, 1.82) is 0 Å². The Kier molecular flexibility index (Phi) is 4.27. The Balaban J connectivity index is 1.75. The molecule has 1 aliphatic heterocycles. The van der Waals surface area contributed by atoms with Gasteiger partial charge in [0, 0.05) is 19.5 Å². The lowest BCUT2D eigenvalue weighted by molar-refractivity contribution is -0.118. The third-order valence-corrected chi connectivity index (χ3v) is 4.43. The van der Waals surface area contributed by atoms with Crippen molar-refractivity contribution in [1.82, 2.24) is 4.90 Å². The number of β-amino-alcohol motifs (C(OH)–C–C–N with tert-alkyl or cyclic N) is 1. The van der Waals surface area contributed by atoms with E-state index in [1.54, 1.807) is 0 Å². The van der Waals surface area contributed by atoms with E-state index >= 15 is 0 Å². The molecule has 3 rings (SSSR count). The predicted octanol–water partition coefficient (Wildman–Crippen LogP) is 1.24. The minimum Gasteiger partial charge on any atom is -0.392 e. The van der Waals surface area contributed by atoms with Crippen molar-refractivity contribution in [2.45, 2.75) is 44.2 Å². The van der Waals surface area contributed by atoms with E-state index in [1.165, 1.54) is 11.1 Å². The van der Waals surface area contributed by atoms with Crippen LogP contribution in [0.4, 0.5) is 0 Å². The Bertz CT molecular complexity index is 530. The number of likely N-dealkylation sites (tertiary alicyclic amines) is 1. The highest BCUT2D eigenvalue weighted by atomic mass is 16.3. The van der Waals surface area contributed by atoms with Crippen LogP contribution in [0.2, 0.25) is 0 Å². The third kappa shape index (κ3) is 3.27. The molecule has 2 aliphatic rings. The number of aryl methyl sites for hydroxylation is 1. The van der Waals surface area contributed by atoms with Gasteiger partial charge in [0.2, 0.25) is 5.91 Å². The monoisotopic (exact) mass is 286 g/mol. The number of piperidine rings is 1. The second kappa shape index (κ2) is 6.16. The maximum Gasteiger partial charge on any atom is 0.225 e. The fraction of sp³-hybridized carbons (Fsp3) is 0.529. The van der Waals surface area contributed by atoms with Gasteiger partial charge in [-0.2, -0.15) is 0 Å². The first-order valence-electron chi connectivity index (χ1n) is 7.68. The second-order valence-electron chi connectivity index (χ2n) is 6.10. The summed E-state index contributed by atoms with van der Waals surface area (Å²) in [7, 11) is 0. The summed E-state index contributed by atoms with van der Waals surface area (Å²) in [5.41, 5.74) is 8.92. The van der Waals surface area contributed by atoms with Gasteiger partial charge in [0.15, 0.2) is 0 Å². The highest BCUT2D eigenvalue weighted by molar-refractivity contribution is 5.84. The molecule has 1 fully saturated rings. The molecule has 4 heteroatoms. The van der Waals surface area contributed by atoms with Crippen LogP contribution >= 0.6 is 0 Å². The summed E-state index contributed by atoms with van der Waals surface area (Å²) in [6.45, 7) is 2.65. The molecule has 0 saturated carbocycles. The van der Waals surface area contributed by atoms with Crippen LogP contribution in [-0.2, 0) is 17.8 Å². The first-order chi connectivity index (χ1) is 10.1. The summed E-state index contributed by atoms with van der Waals surface area (Å²) in [5, 5.41) is 9.74. The number of fused-ring (bicyclic) bond motifs is 1. The lowest BCUT2D eigenvalue weighted by Gasteiger charge is -2.30. The van der Waals surface area contributed by atoms with Gasteiger partial charge in [-0.3, -0.25) is 9.69 Å². The average Bonchev–Trinajstić information content (AvgIpc) is 2.46. The Morgan fingerprint density at radius 2 is 2.33 bits per heavy atom. The molecule has 1 aromatic carbocycles. The number of amides is 1. The van der Waals surface area contributed by atoms with Gasteiger partial charge in [0.1, 0.15) is 0 Å². The molecule has 0 aromatic heterocycles. The van der Waals surface area contributed by atoms with E-state index in [9.17, 15) is 9.90 Å². The fourth-order valence-electron chi connectivity index (χ4n) is 3.40. The first-order valence-corrected chi connectivity index (χ1v) is 7.68. The average molecular weight is 286 g/mol. The number of carbonyl (C=O) groups excluding carboxylic acids is 1. The van der Waals surface area contributed by atoms with Gasteiger partial charge in [-0.15, -0.1) is 0 Å². The number of aliphatic hydroxyl groups is 1. The molecule has 1 heterocycles. The normalized spacial score (nSPS) is 26.3. The number of benzene rings is 1. The van der Waals surface area contributed by atoms with Crippen LogP contribution in [0, 0.1) is 6.42 Å². The van der Waals surface area contributed by atoms with Crippen LogP contribution in [0.3, 0.4) is 0 Å². The fourth-order valence-corrected chi connectivity index (χ4v) is 3.40. The van der Waals surface area contributed by atoms with Gasteiger partial charge in [0.25, 0.3) is 0 Å². The Hall–Kier alpha value is -1.39. The van der Waals surface area contributed by atoms with E-state index < -0.39 is 0 Å². The number of nitrogens with zero attached hydrogens (tertiary/aromatic N) is 1. The van der Waals surface area contributed by atoms with Crippen LogP contribution in [0.15, 0.2) is 18.2 Å². The van der Waals surface area contributed by atoms with Crippen molar-refractivity contribution in [2.75, 3.05) is 13.1 Å². The molecule has 0 spiro atoms. The Labute approximate surface area is 125 Å². The molecule has 2 unspecified atom stereocenters. The maximum absolute atomic E-state index is 11.5. The lowest BCUT2D eigenvalue weighted by atomic mass is 9.81. The Morgan fingerprint density at radius 3 is 3.10 bits per heavy atom. The van der Waals surface area contributed by atoms with Crippen LogP contribution < -0.4 is 5.73 Å². The molecular formula is C17H22N2O2. The number of rotatable bonds is 3. The maximum atomic E-state index is 11.5. The van der Waals surface area contributed by atoms with E-state index in [0.717, 1.165) is 50.9 Å². The van der Waals surface area contributed by atoms with Gasteiger partial charge < -0.3 is 10.8 Å². The summed E-state index contributed by atoms with van der Waals surface area (Å²) in [4.78, 5) is 13.8. The van der Waals surface area contributed by atoms with Crippen LogP contribution in [0.5, 0.6) is 0 Å². The molecule has 1 amide bonds. The smallest absolute Gasteiger partial charge is 0.225 e. The summed E-state index contributed by atoms with van der Waals surface area (Å²) in [5.74, 6) is -0.678. The van der Waals surface area contributed by atoms with Crippen molar-refractivity contribution in [3.63, 3.8) is 0 Å². The summed E-state index contributed by atoms with van der Waals surface area (Å²) in [6.07, 6.45) is 6.64. The predicted molar refractivity (Wildman–Crippen MR) is 80.5 cm³/mol. The summed E-state index contributed by atoms with van der Waals surface area (Å²) < 4.78 is 0. The molecule has 21 heavy (non-hydrogen) atoms. The molecule has 1 aromatic rings. The zero-order valence-electron chi connectivity index (χ0n) is 12.2. The molecule has 112 valence electrons. The van der Waals surface area contributed by atoms with Crippen molar-refractivity contribution in [2.24, 2.45) is 5.73 Å². The van der Waals surface area contributed by atoms with Crippen molar-refractivity contribution < 1.29 is 9.90 Å². The first kappa shape index (κ1) is 14.5. The van der Waals surface area contributed by atoms with Crippen LogP contribution in [0.25, 0.3) is 0 Å². The highest BCUT2D eigenvalue weighted by Crippen LogP contribution is 2.31. The minimum absolute atomic E-state index is 0.195. The van der Waals surface area contributed by atoms with Crippen molar-refractivity contribution in [3.8, 4) is 0 Å². The summed E-state index contributed by atoms with van der Waals surface area (Å²) in [6, 6.07) is 6.28. The van der Waals surface area contributed by atoms with Gasteiger partial charge in [-0.1, -0.05) is 18.2 Å². The van der Waals surface area contributed by atoms with E-state index in [2.05, 4.69) is 23.5 Å². The second-order valence-corrected chi connectivity index (χ2v) is 6.10. The zero-order chi connectivity index (χ0) is 14.8. The quantitative estimate of drug-likeness (QED) is 0.878. The molecule has 0 bridgehead atoms. The van der Waals surface area contributed by atoms with E-state index in [-0.39, 0.29) is 17.9 Å². The third-order valence-electron chi connectivity index (χ3n) is 4.43. The van der Waals surface area contributed by atoms with Gasteiger partial charge in [-0.25, -0.2) is 0 Å². The van der Waals surface area contributed by atoms with E-state index in [0.29, 0.717) is 0 Å². The number of aliphatic hydroxyl groups excluding tert-OH is 1. The van der Waals surface area contributed by atoms with Gasteiger partial charge in [0.05, 0.1) is 12.0 Å². The number of primary amides is 1. The SMILES string of the molecule is NC(=O)C1[C]CCc2cc(CN3CCCC(O)C3)ccc21. The number of nitrogens with two attached hydrogens (primary N) is 1. The zero-order valence-corrected chi connectivity index (χ0v) is 12.2. The molecule has 3 N–H and O–H groups in total. The highest BCUT2D eigenvalue weighted by Gasteiger charge is 2.25. The topological polar surface area (TPSA) is 66.6 Å². The number of carbonyl (C=O) groups is 1. The Morgan fingerprint density at radius 1 is 1.48 bits per heavy atom. The van der Waals surface area contributed by atoms with Crippen molar-refractivity contribution in [3.05, 3.63) is 41.3 Å². The minimum atomic E-state index is -0.361.